The van der Waals surface area contributed by atoms with Crippen molar-refractivity contribution in [1.29, 1.82) is 0 Å². The summed E-state index contributed by atoms with van der Waals surface area (Å²) < 4.78 is 33.3. The van der Waals surface area contributed by atoms with E-state index in [1.165, 1.54) is 9.87 Å². The maximum Gasteiger partial charge on any atom is 0.338 e. The van der Waals surface area contributed by atoms with Crippen LogP contribution in [-0.4, -0.2) is 65.5 Å². The van der Waals surface area contributed by atoms with Gasteiger partial charge in [0.15, 0.2) is 5.82 Å². The van der Waals surface area contributed by atoms with Crippen molar-refractivity contribution >= 4 is 21.7 Å². The van der Waals surface area contributed by atoms with Crippen LogP contribution >= 0.6 is 0 Å². The van der Waals surface area contributed by atoms with Gasteiger partial charge in [-0.2, -0.15) is 5.10 Å². The molecule has 10 nitrogen and oxygen atoms in total. The van der Waals surface area contributed by atoms with E-state index < -0.39 is 10.0 Å². The van der Waals surface area contributed by atoms with Gasteiger partial charge in [-0.3, -0.25) is 9.21 Å². The van der Waals surface area contributed by atoms with Gasteiger partial charge in [-0.1, -0.05) is 6.07 Å². The topological polar surface area (TPSA) is 110 Å². The molecule has 0 unspecified atom stereocenters. The number of sulfonamides is 1. The summed E-state index contributed by atoms with van der Waals surface area (Å²) >= 11 is 0. The first-order chi connectivity index (χ1) is 18.2. The number of piperazine rings is 1. The fraction of sp³-hybridized carbons (Fsp3) is 0.444. The van der Waals surface area contributed by atoms with Crippen LogP contribution in [0, 0.1) is 13.8 Å². The fourth-order valence-corrected chi connectivity index (χ4v) is 7.43. The Morgan fingerprint density at radius 1 is 1.18 bits per heavy atom. The average molecular weight is 537 g/mol. The van der Waals surface area contributed by atoms with Gasteiger partial charge in [0.25, 0.3) is 0 Å². The van der Waals surface area contributed by atoms with E-state index in [2.05, 4.69) is 34.1 Å². The smallest absolute Gasteiger partial charge is 0.338 e. The summed E-state index contributed by atoms with van der Waals surface area (Å²) in [5, 5.41) is 8.27. The van der Waals surface area contributed by atoms with Crippen LogP contribution in [0.5, 0.6) is 0 Å². The van der Waals surface area contributed by atoms with Crippen molar-refractivity contribution in [1.82, 2.24) is 25.0 Å². The number of nitrogens with one attached hydrogen (secondary N) is 1. The van der Waals surface area contributed by atoms with E-state index >= 15 is 0 Å². The lowest BCUT2D eigenvalue weighted by atomic mass is 9.92. The molecule has 2 fully saturated rings. The third-order valence-electron chi connectivity index (χ3n) is 7.63. The van der Waals surface area contributed by atoms with Gasteiger partial charge in [-0.15, -0.1) is 0 Å². The fourth-order valence-electron chi connectivity index (χ4n) is 5.88. The summed E-state index contributed by atoms with van der Waals surface area (Å²) in [5.41, 5.74) is 6.42. The van der Waals surface area contributed by atoms with Gasteiger partial charge in [-0.25, -0.2) is 22.9 Å². The van der Waals surface area contributed by atoms with E-state index in [1.54, 1.807) is 10.7 Å². The number of hydrogen-bond donors (Lipinski definition) is 1. The van der Waals surface area contributed by atoms with E-state index in [1.807, 2.05) is 37.5 Å². The zero-order valence-electron chi connectivity index (χ0n) is 21.8. The van der Waals surface area contributed by atoms with Crippen LogP contribution < -0.4 is 9.62 Å². The zero-order chi connectivity index (χ0) is 26.6. The lowest BCUT2D eigenvalue weighted by Crippen LogP contribution is -2.50. The molecule has 6 rings (SSSR count). The number of cyclic esters (lactones) is 1. The normalized spacial score (nSPS) is 23.0. The first-order valence-electron chi connectivity index (χ1n) is 13.0. The molecule has 0 aliphatic carbocycles. The standard InChI is InChI=1S/C27H32N6O4S/c1-17-9-21(33-7-4-8-38(33,35)36)10-26(30-17)32-14-20(11-28-32)13-31-12-18(2)29-25(15-31)22-5-6-23-24(19(22)3)16-37-27(23)34/h5-6,9-11,14,18,25,29H,4,7-8,12-13,15-16H2,1-3H3/t18-,25-/m0/s1. The molecule has 5 heterocycles. The Labute approximate surface area is 222 Å². The third kappa shape index (κ3) is 4.59. The number of carbonyl (C=O) groups excluding carboxylic acids is 1. The molecule has 0 radical (unpaired) electrons. The van der Waals surface area contributed by atoms with Gasteiger partial charge in [0, 0.05) is 67.3 Å². The number of fused-ring (bicyclic) bond motifs is 1. The Hall–Kier alpha value is -3.28. The zero-order valence-corrected chi connectivity index (χ0v) is 22.7. The third-order valence-corrected chi connectivity index (χ3v) is 9.50. The molecule has 3 aromatic rings. The number of anilines is 1. The van der Waals surface area contributed by atoms with Gasteiger partial charge < -0.3 is 10.1 Å². The molecule has 3 aliphatic rings. The highest BCUT2D eigenvalue weighted by Crippen LogP contribution is 2.31. The van der Waals surface area contributed by atoms with Crippen LogP contribution in [0.4, 0.5) is 5.69 Å². The van der Waals surface area contributed by atoms with E-state index in [-0.39, 0.29) is 23.8 Å². The van der Waals surface area contributed by atoms with Crippen molar-refractivity contribution in [2.75, 3.05) is 29.7 Å². The number of ether oxygens (including phenoxy) is 1. The lowest BCUT2D eigenvalue weighted by molar-refractivity contribution is 0.0535. The summed E-state index contributed by atoms with van der Waals surface area (Å²) in [7, 11) is -3.27. The van der Waals surface area contributed by atoms with E-state index in [0.29, 0.717) is 36.6 Å². The van der Waals surface area contributed by atoms with E-state index in [9.17, 15) is 13.2 Å². The van der Waals surface area contributed by atoms with Crippen LogP contribution in [0.15, 0.2) is 36.7 Å². The van der Waals surface area contributed by atoms with Crippen molar-refractivity contribution in [3.63, 3.8) is 0 Å². The number of aryl methyl sites for hydroxylation is 1. The summed E-state index contributed by atoms with van der Waals surface area (Å²) in [6, 6.07) is 7.96. The summed E-state index contributed by atoms with van der Waals surface area (Å²) in [5.74, 6) is 0.539. The number of carbonyl (C=O) groups is 1. The first-order valence-corrected chi connectivity index (χ1v) is 14.6. The number of aromatic nitrogens is 3. The second-order valence-corrected chi connectivity index (χ2v) is 12.6. The van der Waals surface area contributed by atoms with E-state index in [4.69, 9.17) is 4.74 Å². The molecule has 2 saturated heterocycles. The molecule has 0 bridgehead atoms. The number of benzene rings is 1. The molecular weight excluding hydrogens is 504 g/mol. The van der Waals surface area contributed by atoms with E-state index in [0.717, 1.165) is 42.0 Å². The van der Waals surface area contributed by atoms with Crippen molar-refractivity contribution in [2.45, 2.75) is 52.4 Å². The highest BCUT2D eigenvalue weighted by Gasteiger charge is 2.31. The predicted molar refractivity (Wildman–Crippen MR) is 143 cm³/mol. The van der Waals surface area contributed by atoms with Crippen molar-refractivity contribution < 1.29 is 17.9 Å². The number of rotatable bonds is 5. The molecule has 0 spiro atoms. The Kier molecular flexibility index (Phi) is 6.24. The minimum atomic E-state index is -3.27. The molecule has 11 heteroatoms. The number of nitrogens with zero attached hydrogens (tertiary/aromatic N) is 5. The summed E-state index contributed by atoms with van der Waals surface area (Å²) in [4.78, 5) is 19.0. The minimum absolute atomic E-state index is 0.137. The molecule has 0 amide bonds. The van der Waals surface area contributed by atoms with Crippen LogP contribution in [0.3, 0.4) is 0 Å². The molecule has 38 heavy (non-hydrogen) atoms. The van der Waals surface area contributed by atoms with Crippen LogP contribution in [0.1, 0.15) is 57.7 Å². The summed E-state index contributed by atoms with van der Waals surface area (Å²) in [6.07, 6.45) is 4.45. The average Bonchev–Trinajstić information content (AvgIpc) is 3.57. The summed E-state index contributed by atoms with van der Waals surface area (Å²) in [6.45, 7) is 9.40. The highest BCUT2D eigenvalue weighted by atomic mass is 32.2. The highest BCUT2D eigenvalue weighted by molar-refractivity contribution is 7.93. The van der Waals surface area contributed by atoms with Crippen molar-refractivity contribution in [3.8, 4) is 5.82 Å². The predicted octanol–water partition coefficient (Wildman–Crippen LogP) is 2.63. The van der Waals surface area contributed by atoms with Crippen molar-refractivity contribution in [3.05, 3.63) is 70.2 Å². The molecular formula is C27H32N6O4S. The second kappa shape index (κ2) is 9.48. The van der Waals surface area contributed by atoms with Crippen LogP contribution in [0.2, 0.25) is 0 Å². The quantitative estimate of drug-likeness (QED) is 0.496. The van der Waals surface area contributed by atoms with Gasteiger partial charge in [0.05, 0.1) is 23.2 Å². The maximum absolute atomic E-state index is 12.4. The van der Waals surface area contributed by atoms with Gasteiger partial charge in [0.1, 0.15) is 6.61 Å². The largest absolute Gasteiger partial charge is 0.457 e. The monoisotopic (exact) mass is 536 g/mol. The Balaban J connectivity index is 1.20. The molecule has 200 valence electrons. The molecule has 2 aromatic heterocycles. The SMILES string of the molecule is Cc1cc(N2CCCS2(=O)=O)cc(-n2cc(CN3C[C@@H](c4ccc5c(c4C)COC5=O)N[C@@H](C)C3)cn2)n1. The van der Waals surface area contributed by atoms with Gasteiger partial charge in [0.2, 0.25) is 10.0 Å². The number of esters is 1. The van der Waals surface area contributed by atoms with Gasteiger partial charge in [-0.05, 0) is 50.5 Å². The Morgan fingerprint density at radius 2 is 2.03 bits per heavy atom. The number of pyridine rings is 1. The Morgan fingerprint density at radius 3 is 2.82 bits per heavy atom. The molecule has 0 saturated carbocycles. The van der Waals surface area contributed by atoms with Crippen LogP contribution in [-0.2, 0) is 27.9 Å². The molecule has 1 aromatic carbocycles. The number of hydrogen-bond acceptors (Lipinski definition) is 8. The van der Waals surface area contributed by atoms with Crippen molar-refractivity contribution in [2.24, 2.45) is 0 Å². The molecule has 2 atom stereocenters. The molecule has 3 aliphatic heterocycles. The van der Waals surface area contributed by atoms with Crippen LogP contribution in [0.25, 0.3) is 5.82 Å². The van der Waals surface area contributed by atoms with Gasteiger partial charge >= 0.3 is 5.97 Å². The lowest BCUT2D eigenvalue weighted by Gasteiger charge is -2.38. The Bertz CT molecular complexity index is 1520. The minimum Gasteiger partial charge on any atom is -0.457 e. The maximum atomic E-state index is 12.4. The second-order valence-electron chi connectivity index (χ2n) is 10.6. The molecule has 1 N–H and O–H groups in total. The first kappa shape index (κ1) is 25.0.